The van der Waals surface area contributed by atoms with E-state index in [4.69, 9.17) is 11.6 Å². The third-order valence-corrected chi connectivity index (χ3v) is 6.09. The molecule has 2 rings (SSSR count). The number of nitrogens with zero attached hydrogens (tertiary/aromatic N) is 1. The van der Waals surface area contributed by atoms with Crippen LogP contribution in [-0.4, -0.2) is 47.4 Å². The minimum absolute atomic E-state index is 0.0334. The number of carbonyl (C=O) groups excluding carboxylic acids is 2. The van der Waals surface area contributed by atoms with Crippen molar-refractivity contribution in [3.05, 3.63) is 21.3 Å². The molecule has 1 aliphatic rings. The highest BCUT2D eigenvalue weighted by Gasteiger charge is 2.27. The first-order valence-electron chi connectivity index (χ1n) is 7.39. The fourth-order valence-corrected chi connectivity index (χ4v) is 4.09. The number of thioether (sulfide) groups is 1. The lowest BCUT2D eigenvalue weighted by atomic mass is 10.1. The van der Waals surface area contributed by atoms with Crippen LogP contribution < -0.4 is 5.32 Å². The van der Waals surface area contributed by atoms with Gasteiger partial charge in [-0.05, 0) is 26.0 Å². The molecule has 1 N–H and O–H groups in total. The van der Waals surface area contributed by atoms with Crippen LogP contribution in [0.25, 0.3) is 0 Å². The number of amides is 2. The zero-order chi connectivity index (χ0) is 16.1. The monoisotopic (exact) mass is 360 g/mol. The average molecular weight is 361 g/mol. The van der Waals surface area contributed by atoms with Crippen molar-refractivity contribution in [2.45, 2.75) is 26.3 Å². The van der Waals surface area contributed by atoms with E-state index in [1.807, 2.05) is 26.0 Å². The van der Waals surface area contributed by atoms with Crippen LogP contribution in [0.1, 0.15) is 18.7 Å². The van der Waals surface area contributed by atoms with Gasteiger partial charge in [-0.1, -0.05) is 11.6 Å². The normalized spacial score (nSPS) is 16.0. The van der Waals surface area contributed by atoms with Crippen LogP contribution in [0.2, 0.25) is 4.34 Å². The van der Waals surface area contributed by atoms with E-state index in [1.165, 1.54) is 11.3 Å². The van der Waals surface area contributed by atoms with Gasteiger partial charge in [0.15, 0.2) is 0 Å². The molecule has 122 valence electrons. The summed E-state index contributed by atoms with van der Waals surface area (Å²) >= 11 is 9.12. The molecule has 0 saturated carbocycles. The van der Waals surface area contributed by atoms with Crippen LogP contribution in [0.4, 0.5) is 0 Å². The second-order valence-electron chi connectivity index (χ2n) is 5.46. The molecule has 4 nitrogen and oxygen atoms in total. The molecule has 7 heteroatoms. The Morgan fingerprint density at radius 3 is 2.68 bits per heavy atom. The molecule has 0 aromatic carbocycles. The molecule has 1 atom stereocenters. The Kier molecular flexibility index (Phi) is 6.59. The first-order chi connectivity index (χ1) is 10.5. The quantitative estimate of drug-likeness (QED) is 0.813. The fraction of sp³-hybridized carbons (Fsp3) is 0.600. The van der Waals surface area contributed by atoms with Crippen molar-refractivity contribution >= 4 is 46.5 Å². The average Bonchev–Trinajstić information content (AvgIpc) is 2.78. The third kappa shape index (κ3) is 4.89. The van der Waals surface area contributed by atoms with Gasteiger partial charge in [-0.15, -0.1) is 11.3 Å². The van der Waals surface area contributed by atoms with Crippen molar-refractivity contribution in [1.29, 1.82) is 0 Å². The van der Waals surface area contributed by atoms with Crippen LogP contribution in [-0.2, 0) is 16.0 Å². The summed E-state index contributed by atoms with van der Waals surface area (Å²) in [5.74, 6) is 2.15. The summed E-state index contributed by atoms with van der Waals surface area (Å²) in [7, 11) is 0. The second kappa shape index (κ2) is 8.22. The Morgan fingerprint density at radius 1 is 1.45 bits per heavy atom. The fourth-order valence-electron chi connectivity index (χ4n) is 2.24. The predicted molar refractivity (Wildman–Crippen MR) is 93.7 cm³/mol. The highest BCUT2D eigenvalue weighted by molar-refractivity contribution is 8.00. The smallest absolute Gasteiger partial charge is 0.227 e. The van der Waals surface area contributed by atoms with Gasteiger partial charge in [0.1, 0.15) is 0 Å². The number of thiophene rings is 1. The maximum absolute atomic E-state index is 12.3. The van der Waals surface area contributed by atoms with E-state index in [-0.39, 0.29) is 23.8 Å². The largest absolute Gasteiger partial charge is 0.352 e. The SMILES string of the molecule is CCN(CC(C)NC(=O)C1CSC1)C(=O)Cc1ccc(Cl)s1. The van der Waals surface area contributed by atoms with Crippen molar-refractivity contribution < 1.29 is 9.59 Å². The van der Waals surface area contributed by atoms with E-state index in [9.17, 15) is 9.59 Å². The van der Waals surface area contributed by atoms with Gasteiger partial charge in [-0.3, -0.25) is 9.59 Å². The molecule has 1 unspecified atom stereocenters. The Labute approximate surface area is 144 Å². The van der Waals surface area contributed by atoms with Crippen molar-refractivity contribution in [1.82, 2.24) is 10.2 Å². The van der Waals surface area contributed by atoms with E-state index in [0.29, 0.717) is 23.8 Å². The molecule has 1 aliphatic heterocycles. The first kappa shape index (κ1) is 17.6. The maximum atomic E-state index is 12.3. The third-order valence-electron chi connectivity index (χ3n) is 3.58. The number of likely N-dealkylation sites (N-methyl/N-ethyl adjacent to an activating group) is 1. The van der Waals surface area contributed by atoms with Crippen molar-refractivity contribution in [3.63, 3.8) is 0 Å². The van der Waals surface area contributed by atoms with Crippen molar-refractivity contribution in [2.75, 3.05) is 24.6 Å². The summed E-state index contributed by atoms with van der Waals surface area (Å²) in [5, 5.41) is 3.00. The Balaban J connectivity index is 1.81. The number of hydrogen-bond donors (Lipinski definition) is 1. The summed E-state index contributed by atoms with van der Waals surface area (Å²) in [6.07, 6.45) is 0.366. The first-order valence-corrected chi connectivity index (χ1v) is 9.74. The van der Waals surface area contributed by atoms with Gasteiger partial charge in [0.2, 0.25) is 11.8 Å². The number of hydrogen-bond acceptors (Lipinski definition) is 4. The molecule has 0 radical (unpaired) electrons. The van der Waals surface area contributed by atoms with Gasteiger partial charge in [0, 0.05) is 35.5 Å². The van der Waals surface area contributed by atoms with E-state index < -0.39 is 0 Å². The number of halogens is 1. The molecule has 0 aliphatic carbocycles. The molecule has 1 saturated heterocycles. The molecule has 0 bridgehead atoms. The number of nitrogens with one attached hydrogen (secondary N) is 1. The molecule has 2 heterocycles. The molecule has 22 heavy (non-hydrogen) atoms. The van der Waals surface area contributed by atoms with Gasteiger partial charge in [-0.2, -0.15) is 11.8 Å². The topological polar surface area (TPSA) is 49.4 Å². The van der Waals surface area contributed by atoms with Gasteiger partial charge < -0.3 is 10.2 Å². The summed E-state index contributed by atoms with van der Waals surface area (Å²) in [6, 6.07) is 3.66. The summed E-state index contributed by atoms with van der Waals surface area (Å²) in [4.78, 5) is 27.0. The van der Waals surface area contributed by atoms with Crippen LogP contribution in [0.15, 0.2) is 12.1 Å². The Bertz CT molecular complexity index is 531. The van der Waals surface area contributed by atoms with Crippen molar-refractivity contribution in [2.24, 2.45) is 5.92 Å². The summed E-state index contributed by atoms with van der Waals surface area (Å²) in [5.41, 5.74) is 0. The summed E-state index contributed by atoms with van der Waals surface area (Å²) in [6.45, 7) is 5.08. The van der Waals surface area contributed by atoms with Gasteiger partial charge in [0.25, 0.3) is 0 Å². The van der Waals surface area contributed by atoms with Crippen LogP contribution in [0.3, 0.4) is 0 Å². The lowest BCUT2D eigenvalue weighted by molar-refractivity contribution is -0.131. The lowest BCUT2D eigenvalue weighted by Crippen LogP contribution is -2.48. The van der Waals surface area contributed by atoms with Gasteiger partial charge >= 0.3 is 0 Å². The van der Waals surface area contributed by atoms with Crippen LogP contribution in [0.5, 0.6) is 0 Å². The number of rotatable bonds is 7. The second-order valence-corrected chi connectivity index (χ2v) is 8.33. The minimum atomic E-state index is -0.0334. The highest BCUT2D eigenvalue weighted by Crippen LogP contribution is 2.24. The molecule has 1 fully saturated rings. The summed E-state index contributed by atoms with van der Waals surface area (Å²) < 4.78 is 0.699. The van der Waals surface area contributed by atoms with E-state index in [0.717, 1.165) is 16.4 Å². The van der Waals surface area contributed by atoms with E-state index in [1.54, 1.807) is 16.7 Å². The lowest BCUT2D eigenvalue weighted by Gasteiger charge is -2.28. The standard InChI is InChI=1S/C15H21ClN2O2S2/c1-3-18(14(19)6-12-4-5-13(16)22-12)7-10(2)17-15(20)11-8-21-9-11/h4-5,10-11H,3,6-9H2,1-2H3,(H,17,20). The zero-order valence-corrected chi connectivity index (χ0v) is 15.2. The maximum Gasteiger partial charge on any atom is 0.227 e. The molecular formula is C15H21ClN2O2S2. The Hall–Kier alpha value is -0.720. The molecular weight excluding hydrogens is 340 g/mol. The highest BCUT2D eigenvalue weighted by atomic mass is 35.5. The number of carbonyl (C=O) groups is 2. The Morgan fingerprint density at radius 2 is 2.18 bits per heavy atom. The van der Waals surface area contributed by atoms with Gasteiger partial charge in [0.05, 0.1) is 16.7 Å². The van der Waals surface area contributed by atoms with E-state index >= 15 is 0 Å². The minimum Gasteiger partial charge on any atom is -0.352 e. The van der Waals surface area contributed by atoms with Gasteiger partial charge in [-0.25, -0.2) is 0 Å². The molecule has 2 amide bonds. The van der Waals surface area contributed by atoms with Crippen molar-refractivity contribution in [3.8, 4) is 0 Å². The zero-order valence-electron chi connectivity index (χ0n) is 12.8. The van der Waals surface area contributed by atoms with Crippen LogP contribution in [0, 0.1) is 5.92 Å². The van der Waals surface area contributed by atoms with E-state index in [2.05, 4.69) is 5.32 Å². The predicted octanol–water partition coefficient (Wildman–Crippen LogP) is 2.66. The molecule has 0 spiro atoms. The molecule has 1 aromatic rings. The molecule has 1 aromatic heterocycles. The van der Waals surface area contributed by atoms with Crippen LogP contribution >= 0.6 is 34.7 Å².